The van der Waals surface area contributed by atoms with Gasteiger partial charge in [0.1, 0.15) is 0 Å². The molecule has 1 aromatic heterocycles. The van der Waals surface area contributed by atoms with Gasteiger partial charge in [-0.15, -0.1) is 11.3 Å². The molecule has 0 spiro atoms. The molecular formula is C23H22N6O2S. The van der Waals surface area contributed by atoms with Crippen molar-refractivity contribution in [2.24, 2.45) is 15.3 Å². The molecule has 4 rings (SSSR count). The van der Waals surface area contributed by atoms with Crippen molar-refractivity contribution in [1.82, 2.24) is 4.98 Å². The Morgan fingerprint density at radius 2 is 1.78 bits per heavy atom. The third kappa shape index (κ3) is 4.33. The minimum atomic E-state index is -0.790. The Labute approximate surface area is 189 Å². The zero-order valence-electron chi connectivity index (χ0n) is 18.2. The molecule has 0 saturated carbocycles. The van der Waals surface area contributed by atoms with Crippen LogP contribution in [-0.2, 0) is 9.59 Å². The normalized spacial score (nSPS) is 16.0. The maximum absolute atomic E-state index is 12.9. The average molecular weight is 447 g/mol. The highest BCUT2D eigenvalue weighted by Crippen LogP contribution is 2.31. The Kier molecular flexibility index (Phi) is 5.91. The molecule has 162 valence electrons. The second-order valence-electron chi connectivity index (χ2n) is 7.49. The van der Waals surface area contributed by atoms with E-state index in [1.54, 1.807) is 38.2 Å². The second-order valence-corrected chi connectivity index (χ2v) is 8.32. The van der Waals surface area contributed by atoms with E-state index in [4.69, 9.17) is 0 Å². The van der Waals surface area contributed by atoms with E-state index in [-0.39, 0.29) is 11.8 Å². The van der Waals surface area contributed by atoms with Crippen LogP contribution in [0.3, 0.4) is 0 Å². The number of aromatic nitrogens is 1. The van der Waals surface area contributed by atoms with Gasteiger partial charge < -0.3 is 4.90 Å². The molecule has 0 fully saturated rings. The van der Waals surface area contributed by atoms with E-state index in [0.717, 1.165) is 16.9 Å². The predicted octanol–water partition coefficient (Wildman–Crippen LogP) is 4.98. The monoisotopic (exact) mass is 446 g/mol. The maximum Gasteiger partial charge on any atom is 0.282 e. The molecule has 2 amide bonds. The molecule has 1 atom stereocenters. The van der Waals surface area contributed by atoms with Gasteiger partial charge in [-0.05, 0) is 38.1 Å². The van der Waals surface area contributed by atoms with Gasteiger partial charge in [0.05, 0.1) is 17.1 Å². The van der Waals surface area contributed by atoms with Crippen LogP contribution >= 0.6 is 11.3 Å². The van der Waals surface area contributed by atoms with E-state index in [1.165, 1.54) is 33.7 Å². The van der Waals surface area contributed by atoms with Gasteiger partial charge in [0.25, 0.3) is 5.91 Å². The molecule has 3 aromatic rings. The molecule has 0 N–H and O–H groups in total. The van der Waals surface area contributed by atoms with E-state index in [0.29, 0.717) is 16.5 Å². The lowest BCUT2D eigenvalue weighted by atomic mass is 10.1. The first-order valence-electron chi connectivity index (χ1n) is 10.0. The quantitative estimate of drug-likeness (QED) is 0.518. The topological polar surface area (TPSA) is 90.6 Å². The van der Waals surface area contributed by atoms with Crippen LogP contribution in [0.5, 0.6) is 0 Å². The molecule has 9 heteroatoms. The van der Waals surface area contributed by atoms with E-state index < -0.39 is 6.04 Å². The Hall–Kier alpha value is -3.72. The van der Waals surface area contributed by atoms with Crippen LogP contribution in [0.4, 0.5) is 16.5 Å². The van der Waals surface area contributed by atoms with Crippen LogP contribution in [0.25, 0.3) is 11.3 Å². The summed E-state index contributed by atoms with van der Waals surface area (Å²) in [4.78, 5) is 30.5. The van der Waals surface area contributed by atoms with E-state index in [2.05, 4.69) is 20.3 Å². The van der Waals surface area contributed by atoms with Crippen LogP contribution in [0.15, 0.2) is 69.2 Å². The molecule has 2 heterocycles. The first-order valence-corrected chi connectivity index (χ1v) is 10.9. The molecule has 2 aromatic carbocycles. The van der Waals surface area contributed by atoms with Crippen LogP contribution in [0.1, 0.15) is 19.4 Å². The Bertz CT molecular complexity index is 1210. The number of thiazole rings is 1. The lowest BCUT2D eigenvalue weighted by Crippen LogP contribution is -2.29. The number of anilines is 2. The largest absolute Gasteiger partial charge is 0.316 e. The number of hydrogen-bond donors (Lipinski definition) is 0. The predicted molar refractivity (Wildman–Crippen MR) is 127 cm³/mol. The third-order valence-corrected chi connectivity index (χ3v) is 5.93. The molecule has 0 bridgehead atoms. The first kappa shape index (κ1) is 21.5. The summed E-state index contributed by atoms with van der Waals surface area (Å²) in [5.74, 6) is -0.348. The summed E-state index contributed by atoms with van der Waals surface area (Å²) in [6.07, 6.45) is 0. The minimum absolute atomic E-state index is 0.0596. The number of hydrazone groups is 1. The fourth-order valence-electron chi connectivity index (χ4n) is 3.09. The fraction of sp³-hybridized carbons (Fsp3) is 0.217. The number of carbonyl (C=O) groups is 2. The van der Waals surface area contributed by atoms with Crippen molar-refractivity contribution >= 4 is 45.4 Å². The van der Waals surface area contributed by atoms with E-state index in [9.17, 15) is 9.59 Å². The van der Waals surface area contributed by atoms with Gasteiger partial charge in [0.15, 0.2) is 6.04 Å². The molecule has 8 nitrogen and oxygen atoms in total. The standard InChI is InChI=1S/C23H22N6O2S/c1-14-5-7-17(8-6-14)20-13-32-23(24-20)29-22(31)21(15(2)27-29)26-25-18-9-11-19(12-10-18)28(4)16(3)30/h5-13,21H,1-4H3. The number of aryl methyl sites for hydroxylation is 1. The maximum atomic E-state index is 12.9. The number of carbonyl (C=O) groups excluding carboxylic acids is 2. The SMILES string of the molecule is CC(=O)N(C)c1ccc(N=NC2C(=O)N(c3nc(-c4ccc(C)cc4)cs3)N=C2C)cc1. The number of azo groups is 1. The first-order chi connectivity index (χ1) is 15.3. The summed E-state index contributed by atoms with van der Waals surface area (Å²) < 4.78 is 0. The van der Waals surface area contributed by atoms with Crippen LogP contribution < -0.4 is 9.91 Å². The zero-order valence-corrected chi connectivity index (χ0v) is 19.0. The Morgan fingerprint density at radius 3 is 2.44 bits per heavy atom. The van der Waals surface area contributed by atoms with Crippen molar-refractivity contribution in [2.75, 3.05) is 17.0 Å². The summed E-state index contributed by atoms with van der Waals surface area (Å²) in [6, 6.07) is 14.3. The molecule has 0 saturated heterocycles. The highest BCUT2D eigenvalue weighted by molar-refractivity contribution is 7.14. The molecule has 0 aliphatic carbocycles. The van der Waals surface area contributed by atoms with Crippen molar-refractivity contribution in [3.8, 4) is 11.3 Å². The van der Waals surface area contributed by atoms with Crippen LogP contribution in [0, 0.1) is 6.92 Å². The van der Waals surface area contributed by atoms with Crippen molar-refractivity contribution in [3.05, 3.63) is 59.5 Å². The third-order valence-electron chi connectivity index (χ3n) is 5.11. The Morgan fingerprint density at radius 1 is 1.09 bits per heavy atom. The van der Waals surface area contributed by atoms with Gasteiger partial charge in [-0.2, -0.15) is 20.3 Å². The molecule has 0 radical (unpaired) electrons. The van der Waals surface area contributed by atoms with E-state index in [1.807, 2.05) is 36.6 Å². The minimum Gasteiger partial charge on any atom is -0.316 e. The van der Waals surface area contributed by atoms with Gasteiger partial charge in [-0.3, -0.25) is 9.59 Å². The summed E-state index contributed by atoms with van der Waals surface area (Å²) >= 11 is 1.36. The van der Waals surface area contributed by atoms with Crippen molar-refractivity contribution in [3.63, 3.8) is 0 Å². The summed E-state index contributed by atoms with van der Waals surface area (Å²) in [6.45, 7) is 5.28. The average Bonchev–Trinajstić information content (AvgIpc) is 3.37. The van der Waals surface area contributed by atoms with Gasteiger partial charge in [0, 0.05) is 30.6 Å². The summed E-state index contributed by atoms with van der Waals surface area (Å²) in [7, 11) is 1.70. The van der Waals surface area contributed by atoms with Crippen molar-refractivity contribution in [2.45, 2.75) is 26.8 Å². The zero-order chi connectivity index (χ0) is 22.8. The van der Waals surface area contributed by atoms with Gasteiger partial charge in [0.2, 0.25) is 11.0 Å². The fourth-order valence-corrected chi connectivity index (χ4v) is 3.88. The van der Waals surface area contributed by atoms with Crippen LogP contribution in [-0.4, -0.2) is 35.6 Å². The van der Waals surface area contributed by atoms with Gasteiger partial charge in [-0.1, -0.05) is 29.8 Å². The summed E-state index contributed by atoms with van der Waals surface area (Å²) in [5.41, 5.74) is 4.85. The molecule has 1 aliphatic rings. The number of rotatable bonds is 5. The van der Waals surface area contributed by atoms with Crippen LogP contribution in [0.2, 0.25) is 0 Å². The van der Waals surface area contributed by atoms with E-state index >= 15 is 0 Å². The van der Waals surface area contributed by atoms with Crippen molar-refractivity contribution in [1.29, 1.82) is 0 Å². The van der Waals surface area contributed by atoms with Gasteiger partial charge >= 0.3 is 0 Å². The molecule has 1 unspecified atom stereocenters. The highest BCUT2D eigenvalue weighted by Gasteiger charge is 2.36. The smallest absolute Gasteiger partial charge is 0.282 e. The second kappa shape index (κ2) is 8.80. The number of nitrogens with zero attached hydrogens (tertiary/aromatic N) is 6. The molecular weight excluding hydrogens is 424 g/mol. The highest BCUT2D eigenvalue weighted by atomic mass is 32.1. The Balaban J connectivity index is 1.48. The number of hydrogen-bond acceptors (Lipinski definition) is 7. The number of benzene rings is 2. The molecule has 1 aliphatic heterocycles. The lowest BCUT2D eigenvalue weighted by Gasteiger charge is -2.14. The van der Waals surface area contributed by atoms with Gasteiger partial charge in [-0.25, -0.2) is 4.98 Å². The number of amides is 2. The lowest BCUT2D eigenvalue weighted by molar-refractivity contribution is -0.118. The summed E-state index contributed by atoms with van der Waals surface area (Å²) in [5, 5.41) is 16.5. The molecule has 32 heavy (non-hydrogen) atoms. The van der Waals surface area contributed by atoms with Crippen molar-refractivity contribution < 1.29 is 9.59 Å².